The number of likely N-dealkylation sites (N-methyl/N-ethyl adjacent to an activating group) is 1. The van der Waals surface area contributed by atoms with Crippen LogP contribution in [0.1, 0.15) is 44.9 Å². The maximum atomic E-state index is 10.4. The van der Waals surface area contributed by atoms with Crippen molar-refractivity contribution in [3.8, 4) is 5.75 Å². The molecule has 0 aromatic heterocycles. The van der Waals surface area contributed by atoms with Crippen molar-refractivity contribution in [3.63, 3.8) is 0 Å². The fourth-order valence-corrected chi connectivity index (χ4v) is 2.58. The summed E-state index contributed by atoms with van der Waals surface area (Å²) in [4.78, 5) is 0. The quantitative estimate of drug-likeness (QED) is 0.861. The number of nitrogens with one attached hydrogen (secondary N) is 1. The van der Waals surface area contributed by atoms with E-state index in [4.69, 9.17) is 4.74 Å². The largest absolute Gasteiger partial charge is 0.487 e. The SMILES string of the molecule is CCNC(C)C(O)c1cccc2c1OC(C)(C)C2. The minimum atomic E-state index is -0.534. The minimum Gasteiger partial charge on any atom is -0.487 e. The van der Waals surface area contributed by atoms with Crippen LogP contribution in [-0.4, -0.2) is 23.3 Å². The number of aliphatic hydroxyl groups excluding tert-OH is 1. The van der Waals surface area contributed by atoms with Gasteiger partial charge in [-0.2, -0.15) is 0 Å². The monoisotopic (exact) mass is 249 g/mol. The Morgan fingerprint density at radius 3 is 2.83 bits per heavy atom. The molecular formula is C15H23NO2. The molecule has 2 atom stereocenters. The fourth-order valence-electron chi connectivity index (χ4n) is 2.58. The van der Waals surface area contributed by atoms with E-state index in [9.17, 15) is 5.11 Å². The molecule has 0 amide bonds. The van der Waals surface area contributed by atoms with Crippen molar-refractivity contribution in [1.29, 1.82) is 0 Å². The van der Waals surface area contributed by atoms with Gasteiger partial charge in [-0.25, -0.2) is 0 Å². The zero-order valence-corrected chi connectivity index (χ0v) is 11.7. The highest BCUT2D eigenvalue weighted by atomic mass is 16.5. The first-order valence-electron chi connectivity index (χ1n) is 6.67. The second kappa shape index (κ2) is 4.90. The van der Waals surface area contributed by atoms with E-state index in [0.717, 1.165) is 24.3 Å². The number of hydrogen-bond acceptors (Lipinski definition) is 3. The van der Waals surface area contributed by atoms with E-state index in [1.165, 1.54) is 5.56 Å². The highest BCUT2D eigenvalue weighted by molar-refractivity contribution is 5.47. The first-order valence-corrected chi connectivity index (χ1v) is 6.67. The van der Waals surface area contributed by atoms with Gasteiger partial charge in [-0.05, 0) is 32.9 Å². The second-order valence-electron chi connectivity index (χ2n) is 5.67. The van der Waals surface area contributed by atoms with Crippen LogP contribution in [0.3, 0.4) is 0 Å². The van der Waals surface area contributed by atoms with E-state index < -0.39 is 6.10 Å². The molecule has 0 radical (unpaired) electrons. The summed E-state index contributed by atoms with van der Waals surface area (Å²) in [5, 5.41) is 13.7. The molecule has 0 bridgehead atoms. The summed E-state index contributed by atoms with van der Waals surface area (Å²) in [7, 11) is 0. The topological polar surface area (TPSA) is 41.5 Å². The van der Waals surface area contributed by atoms with Crippen LogP contribution in [0, 0.1) is 0 Å². The van der Waals surface area contributed by atoms with Crippen molar-refractivity contribution in [2.45, 2.75) is 51.9 Å². The normalized spacial score (nSPS) is 20.1. The lowest BCUT2D eigenvalue weighted by Crippen LogP contribution is -2.32. The number of rotatable bonds is 4. The van der Waals surface area contributed by atoms with Crippen LogP contribution < -0.4 is 10.1 Å². The molecule has 100 valence electrons. The molecule has 2 unspecified atom stereocenters. The van der Waals surface area contributed by atoms with Crippen LogP contribution in [0.15, 0.2) is 18.2 Å². The maximum absolute atomic E-state index is 10.4. The van der Waals surface area contributed by atoms with Gasteiger partial charge in [-0.1, -0.05) is 25.1 Å². The summed E-state index contributed by atoms with van der Waals surface area (Å²) in [6, 6.07) is 6.06. The molecule has 18 heavy (non-hydrogen) atoms. The Bertz CT molecular complexity index is 429. The average Bonchev–Trinajstić information content (AvgIpc) is 2.61. The molecular weight excluding hydrogens is 226 g/mol. The standard InChI is InChI=1S/C15H23NO2/c1-5-16-10(2)13(17)12-8-6-7-11-9-15(3,4)18-14(11)12/h6-8,10,13,16-17H,5,9H2,1-4H3. The number of ether oxygens (including phenoxy) is 1. The van der Waals surface area contributed by atoms with E-state index in [2.05, 4.69) is 25.2 Å². The van der Waals surface area contributed by atoms with Gasteiger partial charge in [0.05, 0.1) is 6.10 Å². The van der Waals surface area contributed by atoms with Crippen LogP contribution in [0.5, 0.6) is 5.75 Å². The molecule has 1 aromatic rings. The summed E-state index contributed by atoms with van der Waals surface area (Å²) in [6.07, 6.45) is 0.368. The Balaban J connectivity index is 2.29. The van der Waals surface area contributed by atoms with Gasteiger partial charge in [-0.3, -0.25) is 0 Å². The van der Waals surface area contributed by atoms with Crippen molar-refractivity contribution < 1.29 is 9.84 Å². The number of fused-ring (bicyclic) bond motifs is 1. The van der Waals surface area contributed by atoms with Crippen LogP contribution in [0.25, 0.3) is 0 Å². The Morgan fingerprint density at radius 1 is 1.44 bits per heavy atom. The first-order chi connectivity index (χ1) is 8.44. The van der Waals surface area contributed by atoms with Gasteiger partial charge in [0, 0.05) is 18.0 Å². The molecule has 3 heteroatoms. The van der Waals surface area contributed by atoms with Crippen LogP contribution in [-0.2, 0) is 6.42 Å². The minimum absolute atomic E-state index is 0.0220. The molecule has 0 fully saturated rings. The summed E-state index contributed by atoms with van der Waals surface area (Å²) in [5.41, 5.74) is 1.92. The molecule has 3 nitrogen and oxygen atoms in total. The van der Waals surface area contributed by atoms with Crippen LogP contribution in [0.4, 0.5) is 0 Å². The van der Waals surface area contributed by atoms with E-state index in [1.54, 1.807) is 0 Å². The smallest absolute Gasteiger partial charge is 0.129 e. The van der Waals surface area contributed by atoms with E-state index >= 15 is 0 Å². The molecule has 2 N–H and O–H groups in total. The number of benzene rings is 1. The molecule has 0 saturated carbocycles. The number of aliphatic hydroxyl groups is 1. The Kier molecular flexibility index (Phi) is 3.64. The lowest BCUT2D eigenvalue weighted by Gasteiger charge is -2.23. The van der Waals surface area contributed by atoms with Crippen molar-refractivity contribution in [3.05, 3.63) is 29.3 Å². The lowest BCUT2D eigenvalue weighted by atomic mass is 9.97. The molecule has 1 aliphatic heterocycles. The van der Waals surface area contributed by atoms with Gasteiger partial charge >= 0.3 is 0 Å². The van der Waals surface area contributed by atoms with Gasteiger partial charge in [-0.15, -0.1) is 0 Å². The molecule has 1 heterocycles. The van der Waals surface area contributed by atoms with Gasteiger partial charge in [0.25, 0.3) is 0 Å². The average molecular weight is 249 g/mol. The predicted molar refractivity (Wildman–Crippen MR) is 73.0 cm³/mol. The van der Waals surface area contributed by atoms with E-state index in [-0.39, 0.29) is 11.6 Å². The summed E-state index contributed by atoms with van der Waals surface area (Å²) in [6.45, 7) is 9.04. The van der Waals surface area contributed by atoms with Crippen molar-refractivity contribution in [2.24, 2.45) is 0 Å². The molecule has 1 aromatic carbocycles. The molecule has 1 aliphatic rings. The van der Waals surface area contributed by atoms with E-state index in [0.29, 0.717) is 0 Å². The Labute approximate surface area is 109 Å². The molecule has 0 saturated heterocycles. The fraction of sp³-hybridized carbons (Fsp3) is 0.600. The van der Waals surface area contributed by atoms with Gasteiger partial charge in [0.15, 0.2) is 0 Å². The maximum Gasteiger partial charge on any atom is 0.129 e. The Morgan fingerprint density at radius 2 is 2.17 bits per heavy atom. The predicted octanol–water partition coefficient (Wildman–Crippen LogP) is 2.43. The van der Waals surface area contributed by atoms with Crippen molar-refractivity contribution in [1.82, 2.24) is 5.32 Å². The van der Waals surface area contributed by atoms with Crippen molar-refractivity contribution >= 4 is 0 Å². The highest BCUT2D eigenvalue weighted by Crippen LogP contribution is 2.40. The second-order valence-corrected chi connectivity index (χ2v) is 5.67. The third-order valence-electron chi connectivity index (χ3n) is 3.44. The summed E-state index contributed by atoms with van der Waals surface area (Å²) < 4.78 is 5.99. The number of para-hydroxylation sites is 1. The van der Waals surface area contributed by atoms with E-state index in [1.807, 2.05) is 26.0 Å². The Hall–Kier alpha value is -1.06. The van der Waals surface area contributed by atoms with Crippen molar-refractivity contribution in [2.75, 3.05) is 6.54 Å². The number of hydrogen-bond donors (Lipinski definition) is 2. The zero-order valence-electron chi connectivity index (χ0n) is 11.7. The van der Waals surface area contributed by atoms with Crippen LogP contribution >= 0.6 is 0 Å². The molecule has 0 spiro atoms. The van der Waals surface area contributed by atoms with Gasteiger partial charge < -0.3 is 15.2 Å². The molecule has 2 rings (SSSR count). The lowest BCUT2D eigenvalue weighted by molar-refractivity contribution is 0.113. The molecule has 0 aliphatic carbocycles. The van der Waals surface area contributed by atoms with Gasteiger partial charge in [0.2, 0.25) is 0 Å². The zero-order chi connectivity index (χ0) is 13.3. The van der Waals surface area contributed by atoms with Crippen LogP contribution in [0.2, 0.25) is 0 Å². The first kappa shape index (κ1) is 13.4. The third kappa shape index (κ3) is 2.52. The van der Waals surface area contributed by atoms with Gasteiger partial charge in [0.1, 0.15) is 11.4 Å². The summed E-state index contributed by atoms with van der Waals surface area (Å²) >= 11 is 0. The third-order valence-corrected chi connectivity index (χ3v) is 3.44. The highest BCUT2D eigenvalue weighted by Gasteiger charge is 2.33. The summed E-state index contributed by atoms with van der Waals surface area (Å²) in [5.74, 6) is 0.875.